The summed E-state index contributed by atoms with van der Waals surface area (Å²) >= 11 is 0. The van der Waals surface area contributed by atoms with Gasteiger partial charge in [-0.05, 0) is 29.7 Å². The Kier molecular flexibility index (Phi) is 3.60. The van der Waals surface area contributed by atoms with E-state index in [0.29, 0.717) is 11.5 Å². The lowest BCUT2D eigenvalue weighted by molar-refractivity contribution is -0.0505. The summed E-state index contributed by atoms with van der Waals surface area (Å²) in [7, 11) is 0. The Morgan fingerprint density at radius 1 is 1.28 bits per heavy atom. The van der Waals surface area contributed by atoms with Crippen molar-refractivity contribution < 1.29 is 17.9 Å². The van der Waals surface area contributed by atoms with E-state index in [-0.39, 0.29) is 11.7 Å². The van der Waals surface area contributed by atoms with Gasteiger partial charge in [-0.2, -0.15) is 8.78 Å². The molecule has 0 saturated heterocycles. The fourth-order valence-electron chi connectivity index (χ4n) is 1.70. The molecule has 0 unspecified atom stereocenters. The molecule has 0 bridgehead atoms. The second kappa shape index (κ2) is 5.16. The average Bonchev–Trinajstić information content (AvgIpc) is 2.82. The maximum atomic E-state index is 12.3. The molecule has 0 atom stereocenters. The third-order valence-corrected chi connectivity index (χ3v) is 2.53. The largest absolute Gasteiger partial charge is 0.445 e. The van der Waals surface area contributed by atoms with Crippen LogP contribution in [0, 0.1) is 0 Å². The highest BCUT2D eigenvalue weighted by Crippen LogP contribution is 2.31. The maximum Gasteiger partial charge on any atom is 0.387 e. The molecule has 3 nitrogen and oxygen atoms in total. The predicted octanol–water partition coefficient (Wildman–Crippen LogP) is 4.07. The Labute approximate surface area is 103 Å². The van der Waals surface area contributed by atoms with Gasteiger partial charge in [0.15, 0.2) is 0 Å². The first-order valence-electron chi connectivity index (χ1n) is 5.56. The topological polar surface area (TPSA) is 35.3 Å². The smallest absolute Gasteiger partial charge is 0.387 e. The Morgan fingerprint density at radius 2 is 2.06 bits per heavy atom. The van der Waals surface area contributed by atoms with Crippen molar-refractivity contribution in [2.24, 2.45) is 0 Å². The Bertz CT molecular complexity index is 510. The van der Waals surface area contributed by atoms with Gasteiger partial charge in [0.1, 0.15) is 12.0 Å². The van der Waals surface area contributed by atoms with Crippen molar-refractivity contribution in [1.29, 1.82) is 0 Å². The van der Waals surface area contributed by atoms with Crippen LogP contribution in [0.15, 0.2) is 35.1 Å². The van der Waals surface area contributed by atoms with Gasteiger partial charge in [-0.15, -0.1) is 0 Å². The van der Waals surface area contributed by atoms with Gasteiger partial charge in [0.05, 0.1) is 6.20 Å². The molecule has 1 aromatic carbocycles. The summed E-state index contributed by atoms with van der Waals surface area (Å²) in [6.45, 7) is 0.995. The predicted molar refractivity (Wildman–Crippen MR) is 62.7 cm³/mol. The van der Waals surface area contributed by atoms with E-state index < -0.39 is 6.61 Å². The second-order valence-corrected chi connectivity index (χ2v) is 4.12. The van der Waals surface area contributed by atoms with Crippen LogP contribution in [-0.4, -0.2) is 11.6 Å². The maximum absolute atomic E-state index is 12.3. The van der Waals surface area contributed by atoms with Gasteiger partial charge in [-0.3, -0.25) is 0 Å². The van der Waals surface area contributed by atoms with Crippen LogP contribution in [0.2, 0.25) is 0 Å². The van der Waals surface area contributed by atoms with Gasteiger partial charge >= 0.3 is 6.61 Å². The molecule has 5 heteroatoms. The van der Waals surface area contributed by atoms with Gasteiger partial charge < -0.3 is 9.15 Å². The summed E-state index contributed by atoms with van der Waals surface area (Å²) in [5.41, 5.74) is 1.44. The SMILES string of the molecule is CC(C)c1cc(-c2ncco2)ccc1OC(F)F. The average molecular weight is 253 g/mol. The van der Waals surface area contributed by atoms with Crippen LogP contribution in [-0.2, 0) is 0 Å². The molecule has 2 aromatic rings. The van der Waals surface area contributed by atoms with Gasteiger partial charge in [0, 0.05) is 5.56 Å². The summed E-state index contributed by atoms with van der Waals surface area (Å²) in [5, 5.41) is 0. The number of alkyl halides is 2. The number of benzene rings is 1. The zero-order valence-corrected chi connectivity index (χ0v) is 10.1. The van der Waals surface area contributed by atoms with Crippen LogP contribution in [0.3, 0.4) is 0 Å². The van der Waals surface area contributed by atoms with Crippen LogP contribution in [0.5, 0.6) is 5.75 Å². The fraction of sp³-hybridized carbons (Fsp3) is 0.308. The molecule has 0 spiro atoms. The van der Waals surface area contributed by atoms with Crippen molar-refractivity contribution in [3.63, 3.8) is 0 Å². The molecule has 0 aliphatic heterocycles. The van der Waals surface area contributed by atoms with Gasteiger partial charge in [0.2, 0.25) is 5.89 Å². The third-order valence-electron chi connectivity index (χ3n) is 2.53. The quantitative estimate of drug-likeness (QED) is 0.824. The van der Waals surface area contributed by atoms with Crippen molar-refractivity contribution in [3.05, 3.63) is 36.2 Å². The minimum atomic E-state index is -2.82. The first kappa shape index (κ1) is 12.5. The number of hydrogen-bond acceptors (Lipinski definition) is 3. The number of rotatable bonds is 4. The van der Waals surface area contributed by atoms with Crippen molar-refractivity contribution in [1.82, 2.24) is 4.98 Å². The molecule has 1 heterocycles. The second-order valence-electron chi connectivity index (χ2n) is 4.12. The molecule has 1 aromatic heterocycles. The molecule has 0 aliphatic rings. The highest BCUT2D eigenvalue weighted by molar-refractivity contribution is 5.57. The van der Waals surface area contributed by atoms with E-state index >= 15 is 0 Å². The normalized spacial score (nSPS) is 11.2. The van der Waals surface area contributed by atoms with E-state index in [1.807, 2.05) is 13.8 Å². The first-order chi connectivity index (χ1) is 8.58. The minimum Gasteiger partial charge on any atom is -0.445 e. The van der Waals surface area contributed by atoms with Crippen molar-refractivity contribution in [2.45, 2.75) is 26.4 Å². The molecular weight excluding hydrogens is 240 g/mol. The van der Waals surface area contributed by atoms with E-state index in [1.54, 1.807) is 12.1 Å². The van der Waals surface area contributed by atoms with Crippen molar-refractivity contribution in [3.8, 4) is 17.2 Å². The van der Waals surface area contributed by atoms with E-state index in [0.717, 1.165) is 5.56 Å². The number of nitrogens with zero attached hydrogens (tertiary/aromatic N) is 1. The van der Waals surface area contributed by atoms with Crippen LogP contribution in [0.4, 0.5) is 8.78 Å². The van der Waals surface area contributed by atoms with Crippen LogP contribution in [0.25, 0.3) is 11.5 Å². The van der Waals surface area contributed by atoms with Crippen LogP contribution >= 0.6 is 0 Å². The first-order valence-corrected chi connectivity index (χ1v) is 5.56. The van der Waals surface area contributed by atoms with E-state index in [4.69, 9.17) is 4.42 Å². The minimum absolute atomic E-state index is 0.0636. The number of ether oxygens (including phenoxy) is 1. The molecule has 0 radical (unpaired) electrons. The molecule has 18 heavy (non-hydrogen) atoms. The van der Waals surface area contributed by atoms with E-state index in [1.165, 1.54) is 18.5 Å². The van der Waals surface area contributed by atoms with E-state index in [2.05, 4.69) is 9.72 Å². The lowest BCUT2D eigenvalue weighted by atomic mass is 9.99. The Hall–Kier alpha value is -1.91. The summed E-state index contributed by atoms with van der Waals surface area (Å²) in [5.74, 6) is 0.712. The monoisotopic (exact) mass is 253 g/mol. The number of oxazole rings is 1. The molecule has 0 N–H and O–H groups in total. The van der Waals surface area contributed by atoms with Gasteiger partial charge in [-0.25, -0.2) is 4.98 Å². The number of aromatic nitrogens is 1. The highest BCUT2D eigenvalue weighted by atomic mass is 19.3. The van der Waals surface area contributed by atoms with E-state index in [9.17, 15) is 8.78 Å². The Balaban J connectivity index is 2.40. The standard InChI is InChI=1S/C13H13F2NO2/c1-8(2)10-7-9(12-16-5-6-17-12)3-4-11(10)18-13(14)15/h3-8,13H,1-2H3. The lowest BCUT2D eigenvalue weighted by Crippen LogP contribution is -2.05. The molecule has 2 rings (SSSR count). The van der Waals surface area contributed by atoms with Gasteiger partial charge in [-0.1, -0.05) is 13.8 Å². The van der Waals surface area contributed by atoms with Crippen LogP contribution < -0.4 is 4.74 Å². The molecule has 0 aliphatic carbocycles. The molecule has 0 saturated carbocycles. The van der Waals surface area contributed by atoms with Crippen molar-refractivity contribution >= 4 is 0 Å². The molecule has 0 amide bonds. The van der Waals surface area contributed by atoms with Crippen LogP contribution in [0.1, 0.15) is 25.3 Å². The zero-order valence-electron chi connectivity index (χ0n) is 10.1. The Morgan fingerprint density at radius 3 is 2.61 bits per heavy atom. The third kappa shape index (κ3) is 2.67. The molecule has 96 valence electrons. The fourth-order valence-corrected chi connectivity index (χ4v) is 1.70. The summed E-state index contributed by atoms with van der Waals surface area (Å²) in [4.78, 5) is 4.02. The summed E-state index contributed by atoms with van der Waals surface area (Å²) in [6, 6.07) is 4.92. The molecular formula is C13H13F2NO2. The van der Waals surface area contributed by atoms with Crippen molar-refractivity contribution in [2.75, 3.05) is 0 Å². The molecule has 0 fully saturated rings. The highest BCUT2D eigenvalue weighted by Gasteiger charge is 2.14. The summed E-state index contributed by atoms with van der Waals surface area (Å²) < 4.78 is 34.2. The zero-order chi connectivity index (χ0) is 13.1. The lowest BCUT2D eigenvalue weighted by Gasteiger charge is -2.14. The number of halogens is 2. The van der Waals surface area contributed by atoms with Gasteiger partial charge in [0.25, 0.3) is 0 Å². The summed E-state index contributed by atoms with van der Waals surface area (Å²) in [6.07, 6.45) is 3.00. The number of hydrogen-bond donors (Lipinski definition) is 0.